The van der Waals surface area contributed by atoms with Crippen molar-refractivity contribution in [2.75, 3.05) is 0 Å². The zero-order valence-corrected chi connectivity index (χ0v) is 14.1. The van der Waals surface area contributed by atoms with E-state index in [1.54, 1.807) is 0 Å². The number of carbonyl (C=O) groups excluding carboxylic acids is 1. The van der Waals surface area contributed by atoms with Crippen LogP contribution in [0.15, 0.2) is 66.7 Å². The van der Waals surface area contributed by atoms with Gasteiger partial charge < -0.3 is 4.74 Å². The molecule has 1 saturated heterocycles. The Balaban J connectivity index is 1.81. The second-order valence-corrected chi connectivity index (χ2v) is 6.97. The van der Waals surface area contributed by atoms with Crippen LogP contribution in [-0.4, -0.2) is 17.0 Å². The van der Waals surface area contributed by atoms with Gasteiger partial charge in [0.25, 0.3) is 0 Å². The molecule has 2 aliphatic heterocycles. The van der Waals surface area contributed by atoms with Gasteiger partial charge in [-0.1, -0.05) is 67.6 Å². The summed E-state index contributed by atoms with van der Waals surface area (Å²) in [5, 5.41) is 2.32. The number of fused-ring (bicyclic) bond motifs is 4. The molecule has 3 heteroatoms. The van der Waals surface area contributed by atoms with Crippen LogP contribution in [0.4, 0.5) is 0 Å². The van der Waals surface area contributed by atoms with E-state index < -0.39 is 0 Å². The molecule has 1 amide bonds. The first-order chi connectivity index (χ1) is 12.2. The predicted octanol–water partition coefficient (Wildman–Crippen LogP) is 4.52. The lowest BCUT2D eigenvalue weighted by Crippen LogP contribution is -2.44. The summed E-state index contributed by atoms with van der Waals surface area (Å²) in [6.07, 6.45) is 0.565. The highest BCUT2D eigenvalue weighted by molar-refractivity contribution is 5.91. The average molecular weight is 329 g/mol. The molecule has 5 rings (SSSR count). The topological polar surface area (TPSA) is 29.5 Å². The smallest absolute Gasteiger partial charge is 0.229 e. The molecule has 2 aliphatic rings. The molecular formula is C22H19NO2. The first-order valence-electron chi connectivity index (χ1n) is 8.79. The predicted molar refractivity (Wildman–Crippen MR) is 97.3 cm³/mol. The van der Waals surface area contributed by atoms with Crippen molar-refractivity contribution in [2.24, 2.45) is 5.92 Å². The molecule has 0 aromatic heterocycles. The van der Waals surface area contributed by atoms with E-state index in [0.29, 0.717) is 0 Å². The highest BCUT2D eigenvalue weighted by atomic mass is 16.5. The molecule has 3 aromatic carbocycles. The number of hydrogen-bond donors (Lipinski definition) is 0. The number of carbonyl (C=O) groups is 1. The number of ether oxygens (including phenoxy) is 1. The Labute approximate surface area is 146 Å². The van der Waals surface area contributed by atoms with Gasteiger partial charge in [0.15, 0.2) is 6.23 Å². The summed E-state index contributed by atoms with van der Waals surface area (Å²) in [6, 6.07) is 22.7. The number of nitrogens with zero attached hydrogens (tertiary/aromatic N) is 1. The molecule has 0 N–H and O–H groups in total. The molecule has 0 radical (unpaired) electrons. The monoisotopic (exact) mass is 329 g/mol. The Morgan fingerprint density at radius 1 is 0.960 bits per heavy atom. The third-order valence-corrected chi connectivity index (χ3v) is 5.40. The largest absolute Gasteiger partial charge is 0.470 e. The molecule has 0 unspecified atom stereocenters. The second kappa shape index (κ2) is 5.35. The summed E-state index contributed by atoms with van der Waals surface area (Å²) in [6.45, 7) is 1.99. The molecule has 0 aliphatic carbocycles. The van der Waals surface area contributed by atoms with Crippen LogP contribution in [0.25, 0.3) is 10.8 Å². The van der Waals surface area contributed by atoms with Crippen LogP contribution in [0.1, 0.15) is 30.5 Å². The molecule has 0 saturated carbocycles. The molecule has 124 valence electrons. The summed E-state index contributed by atoms with van der Waals surface area (Å²) >= 11 is 0. The van der Waals surface area contributed by atoms with Crippen molar-refractivity contribution in [3.05, 3.63) is 77.9 Å². The summed E-state index contributed by atoms with van der Waals surface area (Å²) < 4.78 is 6.26. The Morgan fingerprint density at radius 3 is 2.56 bits per heavy atom. The fourth-order valence-electron chi connectivity index (χ4n) is 4.22. The van der Waals surface area contributed by atoms with Gasteiger partial charge >= 0.3 is 0 Å². The van der Waals surface area contributed by atoms with E-state index >= 15 is 0 Å². The van der Waals surface area contributed by atoms with Gasteiger partial charge in [-0.05, 0) is 22.4 Å². The van der Waals surface area contributed by atoms with Crippen LogP contribution in [0.3, 0.4) is 0 Å². The number of rotatable bonds is 1. The summed E-state index contributed by atoms with van der Waals surface area (Å²) in [5.74, 6) is 1.07. The van der Waals surface area contributed by atoms with Crippen molar-refractivity contribution in [3.8, 4) is 5.75 Å². The van der Waals surface area contributed by atoms with E-state index in [1.165, 1.54) is 5.39 Å². The standard InChI is InChI=1S/C22H19NO2/c1-14-13-19-23(22(14)24)21(16-8-3-2-4-9-16)20-17-10-6-5-7-15(17)11-12-18(20)25-19/h2-12,14,19,21H,13H2,1H3/t14-,19-,21+/m1/s1. The fourth-order valence-corrected chi connectivity index (χ4v) is 4.22. The number of amides is 1. The maximum Gasteiger partial charge on any atom is 0.229 e. The lowest BCUT2D eigenvalue weighted by molar-refractivity contribution is -0.138. The van der Waals surface area contributed by atoms with Crippen LogP contribution in [0.5, 0.6) is 5.75 Å². The van der Waals surface area contributed by atoms with E-state index in [4.69, 9.17) is 4.74 Å². The zero-order chi connectivity index (χ0) is 17.0. The minimum absolute atomic E-state index is 0.00297. The molecule has 1 fully saturated rings. The van der Waals surface area contributed by atoms with Gasteiger partial charge in [-0.3, -0.25) is 9.69 Å². The van der Waals surface area contributed by atoms with Gasteiger partial charge in [-0.2, -0.15) is 0 Å². The molecule has 25 heavy (non-hydrogen) atoms. The van der Waals surface area contributed by atoms with Crippen molar-refractivity contribution in [1.82, 2.24) is 4.90 Å². The number of hydrogen-bond acceptors (Lipinski definition) is 2. The van der Waals surface area contributed by atoms with Crippen molar-refractivity contribution in [2.45, 2.75) is 25.6 Å². The Bertz CT molecular complexity index is 966. The van der Waals surface area contributed by atoms with E-state index in [-0.39, 0.29) is 24.1 Å². The van der Waals surface area contributed by atoms with Crippen LogP contribution in [0.2, 0.25) is 0 Å². The van der Waals surface area contributed by atoms with Crippen LogP contribution in [0, 0.1) is 5.92 Å². The van der Waals surface area contributed by atoms with E-state index in [0.717, 1.165) is 28.7 Å². The summed E-state index contributed by atoms with van der Waals surface area (Å²) in [5.41, 5.74) is 2.24. The molecule has 3 aromatic rings. The maximum absolute atomic E-state index is 12.9. The van der Waals surface area contributed by atoms with Crippen LogP contribution in [-0.2, 0) is 4.79 Å². The van der Waals surface area contributed by atoms with E-state index in [9.17, 15) is 4.79 Å². The highest BCUT2D eigenvalue weighted by Gasteiger charge is 2.47. The Morgan fingerprint density at radius 2 is 1.72 bits per heavy atom. The van der Waals surface area contributed by atoms with Gasteiger partial charge in [0.1, 0.15) is 5.75 Å². The minimum Gasteiger partial charge on any atom is -0.470 e. The Kier molecular flexibility index (Phi) is 3.11. The fraction of sp³-hybridized carbons (Fsp3) is 0.227. The van der Waals surface area contributed by atoms with E-state index in [2.05, 4.69) is 36.4 Å². The van der Waals surface area contributed by atoms with Crippen molar-refractivity contribution < 1.29 is 9.53 Å². The SMILES string of the molecule is C[C@@H]1C[C@H]2Oc3ccc4ccccc4c3[C@H](c3ccccc3)N2C1=O. The first kappa shape index (κ1) is 14.5. The minimum atomic E-state index is -0.179. The van der Waals surface area contributed by atoms with Crippen molar-refractivity contribution in [1.29, 1.82) is 0 Å². The summed E-state index contributed by atoms with van der Waals surface area (Å²) in [7, 11) is 0. The van der Waals surface area contributed by atoms with Crippen LogP contribution >= 0.6 is 0 Å². The second-order valence-electron chi connectivity index (χ2n) is 6.97. The molecular weight excluding hydrogens is 310 g/mol. The molecule has 2 heterocycles. The third kappa shape index (κ3) is 2.08. The first-order valence-corrected chi connectivity index (χ1v) is 8.79. The van der Waals surface area contributed by atoms with Gasteiger partial charge in [0.05, 0.1) is 6.04 Å². The quantitative estimate of drug-likeness (QED) is 0.657. The average Bonchev–Trinajstić information content (AvgIpc) is 2.94. The molecule has 3 nitrogen and oxygen atoms in total. The molecule has 0 bridgehead atoms. The summed E-state index contributed by atoms with van der Waals surface area (Å²) in [4.78, 5) is 14.9. The van der Waals surface area contributed by atoms with Gasteiger partial charge in [-0.25, -0.2) is 0 Å². The molecule has 3 atom stereocenters. The zero-order valence-electron chi connectivity index (χ0n) is 14.1. The van der Waals surface area contributed by atoms with Gasteiger partial charge in [0, 0.05) is 17.9 Å². The normalized spacial score (nSPS) is 24.8. The van der Waals surface area contributed by atoms with E-state index in [1.807, 2.05) is 42.2 Å². The maximum atomic E-state index is 12.9. The third-order valence-electron chi connectivity index (χ3n) is 5.40. The highest BCUT2D eigenvalue weighted by Crippen LogP contribution is 2.48. The van der Waals surface area contributed by atoms with Crippen molar-refractivity contribution >= 4 is 16.7 Å². The van der Waals surface area contributed by atoms with Gasteiger partial charge in [-0.15, -0.1) is 0 Å². The van der Waals surface area contributed by atoms with Crippen molar-refractivity contribution in [3.63, 3.8) is 0 Å². The Hall–Kier alpha value is -2.81. The molecule has 0 spiro atoms. The number of benzene rings is 3. The lowest BCUT2D eigenvalue weighted by Gasteiger charge is -2.40. The van der Waals surface area contributed by atoms with Gasteiger partial charge in [0.2, 0.25) is 5.91 Å². The lowest BCUT2D eigenvalue weighted by atomic mass is 9.90. The van der Waals surface area contributed by atoms with Crippen LogP contribution < -0.4 is 4.74 Å².